The molecule has 1 saturated heterocycles. The van der Waals surface area contributed by atoms with Gasteiger partial charge in [-0.05, 0) is 93.3 Å². The van der Waals surface area contributed by atoms with Gasteiger partial charge in [-0.2, -0.15) is 13.2 Å². The van der Waals surface area contributed by atoms with Crippen LogP contribution in [0.3, 0.4) is 0 Å². The van der Waals surface area contributed by atoms with E-state index in [2.05, 4.69) is 0 Å². The summed E-state index contributed by atoms with van der Waals surface area (Å²) < 4.78 is 68.8. The second-order valence-electron chi connectivity index (χ2n) is 9.67. The Hall–Kier alpha value is -1.95. The van der Waals surface area contributed by atoms with Crippen LogP contribution < -0.4 is 0 Å². The molecule has 0 spiro atoms. The van der Waals surface area contributed by atoms with Gasteiger partial charge in [0, 0.05) is 12.1 Å². The number of aryl methyl sites for hydroxylation is 2. The van der Waals surface area contributed by atoms with Gasteiger partial charge in [-0.1, -0.05) is 30.7 Å². The molecule has 0 N–H and O–H groups in total. The van der Waals surface area contributed by atoms with Crippen molar-refractivity contribution in [1.82, 2.24) is 4.90 Å². The van der Waals surface area contributed by atoms with E-state index in [9.17, 15) is 22.0 Å². The summed E-state index contributed by atoms with van der Waals surface area (Å²) in [5.74, 6) is -0.266. The molecule has 4 rings (SSSR count). The Kier molecular flexibility index (Phi) is 6.62. The van der Waals surface area contributed by atoms with Crippen molar-refractivity contribution in [2.75, 3.05) is 19.6 Å². The van der Waals surface area contributed by atoms with Gasteiger partial charge in [0.15, 0.2) is 0 Å². The van der Waals surface area contributed by atoms with E-state index in [0.717, 1.165) is 31.2 Å². The van der Waals surface area contributed by atoms with Gasteiger partial charge in [-0.25, -0.2) is 8.78 Å². The standard InChI is InChI=1S/C26H30F5N/c1-18-3-7-21(16-23(18)27)22-8-6-20(15-24(22)28)5-4-19-9-13-32(14-10-19)17-25(11-2-12-25)26(29,30)31/h3,6-8,15-16,19H,2,4-5,9-14,17H2,1H3. The Bertz CT molecular complexity index is 940. The van der Waals surface area contributed by atoms with Crippen LogP contribution in [-0.2, 0) is 6.42 Å². The minimum Gasteiger partial charge on any atom is -0.302 e. The average Bonchev–Trinajstić information content (AvgIpc) is 2.71. The lowest BCUT2D eigenvalue weighted by Crippen LogP contribution is -2.53. The van der Waals surface area contributed by atoms with Gasteiger partial charge in [0.25, 0.3) is 0 Å². The third-order valence-corrected chi connectivity index (χ3v) is 7.50. The van der Waals surface area contributed by atoms with Gasteiger partial charge in [0.2, 0.25) is 0 Å². The van der Waals surface area contributed by atoms with Crippen molar-refractivity contribution >= 4 is 0 Å². The van der Waals surface area contributed by atoms with Crippen molar-refractivity contribution in [2.24, 2.45) is 11.3 Å². The second-order valence-corrected chi connectivity index (χ2v) is 9.67. The summed E-state index contributed by atoms with van der Waals surface area (Å²) in [5, 5.41) is 0. The van der Waals surface area contributed by atoms with Crippen molar-refractivity contribution < 1.29 is 22.0 Å². The van der Waals surface area contributed by atoms with E-state index in [1.807, 2.05) is 11.0 Å². The lowest BCUT2D eigenvalue weighted by molar-refractivity contribution is -0.256. The minimum atomic E-state index is -4.11. The number of benzene rings is 2. The largest absolute Gasteiger partial charge is 0.395 e. The van der Waals surface area contributed by atoms with E-state index in [1.165, 1.54) is 12.1 Å². The van der Waals surface area contributed by atoms with Crippen molar-refractivity contribution in [3.8, 4) is 11.1 Å². The van der Waals surface area contributed by atoms with E-state index >= 15 is 0 Å². The van der Waals surface area contributed by atoms with Crippen LogP contribution in [0.15, 0.2) is 36.4 Å². The zero-order valence-electron chi connectivity index (χ0n) is 18.4. The van der Waals surface area contributed by atoms with Gasteiger partial charge >= 0.3 is 6.18 Å². The molecule has 6 heteroatoms. The second kappa shape index (κ2) is 9.12. The Balaban J connectivity index is 1.28. The Morgan fingerprint density at radius 2 is 1.69 bits per heavy atom. The van der Waals surface area contributed by atoms with Gasteiger partial charge in [-0.3, -0.25) is 0 Å². The highest BCUT2D eigenvalue weighted by Crippen LogP contribution is 2.53. The summed E-state index contributed by atoms with van der Waals surface area (Å²) in [6.07, 6.45) is 0.481. The summed E-state index contributed by atoms with van der Waals surface area (Å²) in [7, 11) is 0. The summed E-state index contributed by atoms with van der Waals surface area (Å²) >= 11 is 0. The molecule has 1 heterocycles. The topological polar surface area (TPSA) is 3.24 Å². The molecule has 0 bridgehead atoms. The smallest absolute Gasteiger partial charge is 0.302 e. The summed E-state index contributed by atoms with van der Waals surface area (Å²) in [5.41, 5.74) is 0.840. The number of piperidine rings is 1. The fraction of sp³-hybridized carbons (Fsp3) is 0.538. The zero-order valence-corrected chi connectivity index (χ0v) is 18.4. The van der Waals surface area contributed by atoms with Crippen molar-refractivity contribution in [3.05, 3.63) is 59.2 Å². The molecule has 2 aromatic rings. The lowest BCUT2D eigenvalue weighted by Gasteiger charge is -2.47. The quantitative estimate of drug-likeness (QED) is 0.416. The van der Waals surface area contributed by atoms with Crippen LogP contribution in [0.25, 0.3) is 11.1 Å². The predicted molar refractivity (Wildman–Crippen MR) is 116 cm³/mol. The highest BCUT2D eigenvalue weighted by atomic mass is 19.4. The maximum absolute atomic E-state index is 14.7. The summed E-state index contributed by atoms with van der Waals surface area (Å²) in [6, 6.07) is 9.82. The molecule has 174 valence electrons. The molecule has 2 fully saturated rings. The Morgan fingerprint density at radius 1 is 0.969 bits per heavy atom. The number of nitrogens with zero attached hydrogens (tertiary/aromatic N) is 1. The summed E-state index contributed by atoms with van der Waals surface area (Å²) in [6.45, 7) is 3.21. The minimum absolute atomic E-state index is 0.134. The molecule has 0 atom stereocenters. The van der Waals surface area contributed by atoms with Crippen LogP contribution in [0.1, 0.15) is 49.7 Å². The van der Waals surface area contributed by atoms with Crippen LogP contribution in [0.2, 0.25) is 0 Å². The first-order chi connectivity index (χ1) is 15.2. The van der Waals surface area contributed by atoms with Crippen molar-refractivity contribution in [3.63, 3.8) is 0 Å². The number of rotatable bonds is 6. The molecule has 1 aliphatic carbocycles. The molecule has 2 aliphatic rings. The van der Waals surface area contributed by atoms with E-state index in [0.29, 0.717) is 42.1 Å². The maximum atomic E-state index is 14.7. The van der Waals surface area contributed by atoms with E-state index in [4.69, 9.17) is 0 Å². The number of alkyl halides is 3. The number of likely N-dealkylation sites (tertiary alicyclic amines) is 1. The maximum Gasteiger partial charge on any atom is 0.395 e. The number of hydrogen-bond donors (Lipinski definition) is 0. The monoisotopic (exact) mass is 451 g/mol. The first-order valence-corrected chi connectivity index (χ1v) is 11.5. The van der Waals surface area contributed by atoms with Crippen LogP contribution in [0, 0.1) is 29.9 Å². The number of halogens is 5. The van der Waals surface area contributed by atoms with Gasteiger partial charge < -0.3 is 4.90 Å². The molecule has 0 amide bonds. The molecule has 1 nitrogen and oxygen atoms in total. The molecular weight excluding hydrogens is 421 g/mol. The molecule has 0 radical (unpaired) electrons. The average molecular weight is 452 g/mol. The van der Waals surface area contributed by atoms with Gasteiger partial charge in [-0.15, -0.1) is 0 Å². The highest BCUT2D eigenvalue weighted by molar-refractivity contribution is 5.65. The first kappa shape index (κ1) is 23.2. The molecule has 1 aliphatic heterocycles. The Labute approximate surface area is 186 Å². The fourth-order valence-corrected chi connectivity index (χ4v) is 5.08. The highest BCUT2D eigenvalue weighted by Gasteiger charge is 2.58. The SMILES string of the molecule is Cc1ccc(-c2ccc(CCC3CCN(CC4(C(F)(F)F)CCC4)CC3)cc2F)cc1F. The molecular formula is C26H30F5N. The summed E-state index contributed by atoms with van der Waals surface area (Å²) in [4.78, 5) is 1.98. The number of hydrogen-bond acceptors (Lipinski definition) is 1. The normalized spacial score (nSPS) is 19.7. The van der Waals surface area contributed by atoms with E-state index in [-0.39, 0.29) is 31.0 Å². The Morgan fingerprint density at radius 3 is 2.25 bits per heavy atom. The van der Waals surface area contributed by atoms with Crippen molar-refractivity contribution in [1.29, 1.82) is 0 Å². The van der Waals surface area contributed by atoms with E-state index < -0.39 is 11.6 Å². The molecule has 1 saturated carbocycles. The fourth-order valence-electron chi connectivity index (χ4n) is 5.08. The van der Waals surface area contributed by atoms with Crippen LogP contribution in [-0.4, -0.2) is 30.7 Å². The lowest BCUT2D eigenvalue weighted by atomic mass is 9.67. The zero-order chi connectivity index (χ0) is 22.9. The predicted octanol–water partition coefficient (Wildman–Crippen LogP) is 7.32. The van der Waals surface area contributed by atoms with E-state index in [1.54, 1.807) is 25.1 Å². The molecule has 0 aromatic heterocycles. The molecule has 2 aromatic carbocycles. The van der Waals surface area contributed by atoms with Crippen molar-refractivity contribution in [2.45, 2.75) is 58.0 Å². The van der Waals surface area contributed by atoms with Gasteiger partial charge in [0.05, 0.1) is 5.41 Å². The van der Waals surface area contributed by atoms with Crippen LogP contribution in [0.5, 0.6) is 0 Å². The third-order valence-electron chi connectivity index (χ3n) is 7.50. The van der Waals surface area contributed by atoms with Gasteiger partial charge in [0.1, 0.15) is 11.6 Å². The third kappa shape index (κ3) is 4.85. The molecule has 0 unspecified atom stereocenters. The van der Waals surface area contributed by atoms with Crippen LogP contribution in [0.4, 0.5) is 22.0 Å². The first-order valence-electron chi connectivity index (χ1n) is 11.5. The molecule has 32 heavy (non-hydrogen) atoms. The van der Waals surface area contributed by atoms with Crippen LogP contribution >= 0.6 is 0 Å².